The molecule has 6 heteroatoms. The van der Waals surface area contributed by atoms with E-state index in [9.17, 15) is 9.90 Å². The maximum Gasteiger partial charge on any atom is 0.238 e. The normalized spacial score (nSPS) is 23.7. The minimum atomic E-state index is -0.557. The van der Waals surface area contributed by atoms with Crippen molar-refractivity contribution in [2.75, 3.05) is 24.7 Å². The van der Waals surface area contributed by atoms with Gasteiger partial charge >= 0.3 is 0 Å². The van der Waals surface area contributed by atoms with Crippen molar-refractivity contribution in [3.8, 4) is 0 Å². The Morgan fingerprint density at radius 2 is 2.29 bits per heavy atom. The van der Waals surface area contributed by atoms with Gasteiger partial charge in [0.1, 0.15) is 0 Å². The number of thioether (sulfide) groups is 1. The maximum absolute atomic E-state index is 12.1. The van der Waals surface area contributed by atoms with Crippen LogP contribution in [0.3, 0.4) is 0 Å². The highest BCUT2D eigenvalue weighted by atomic mass is 32.2. The molecule has 100 valence electrons. The van der Waals surface area contributed by atoms with Crippen molar-refractivity contribution in [1.82, 2.24) is 10.2 Å². The average Bonchev–Trinajstić information content (AvgIpc) is 2.63. The van der Waals surface area contributed by atoms with Crippen LogP contribution in [0.1, 0.15) is 20.8 Å². The molecule has 0 saturated carbocycles. The molecule has 17 heavy (non-hydrogen) atoms. The van der Waals surface area contributed by atoms with Crippen molar-refractivity contribution in [2.24, 2.45) is 5.73 Å². The number of nitrogens with zero attached hydrogens (tertiary/aromatic N) is 1. The Morgan fingerprint density at radius 1 is 1.65 bits per heavy atom. The third kappa shape index (κ3) is 4.83. The van der Waals surface area contributed by atoms with Crippen molar-refractivity contribution in [3.63, 3.8) is 0 Å². The third-order valence-electron chi connectivity index (χ3n) is 2.49. The fraction of sp³-hybridized carbons (Fsp3) is 0.909. The molecule has 4 N–H and O–H groups in total. The van der Waals surface area contributed by atoms with E-state index < -0.39 is 6.10 Å². The highest BCUT2D eigenvalue weighted by Crippen LogP contribution is 2.21. The van der Waals surface area contributed by atoms with Crippen LogP contribution in [0.2, 0.25) is 0 Å². The Labute approximate surface area is 107 Å². The quantitative estimate of drug-likeness (QED) is 0.641. The molecule has 1 aliphatic heterocycles. The van der Waals surface area contributed by atoms with E-state index in [1.807, 2.05) is 25.7 Å². The summed E-state index contributed by atoms with van der Waals surface area (Å²) in [5, 5.41) is 12.5. The van der Waals surface area contributed by atoms with Crippen LogP contribution in [0, 0.1) is 0 Å². The third-order valence-corrected chi connectivity index (χ3v) is 3.56. The number of carbonyl (C=O) groups excluding carboxylic acids is 1. The van der Waals surface area contributed by atoms with Crippen molar-refractivity contribution in [1.29, 1.82) is 0 Å². The van der Waals surface area contributed by atoms with Gasteiger partial charge in [0.2, 0.25) is 5.91 Å². The molecule has 0 radical (unpaired) electrons. The summed E-state index contributed by atoms with van der Waals surface area (Å²) in [4.78, 5) is 14.1. The van der Waals surface area contributed by atoms with Gasteiger partial charge in [0.25, 0.3) is 0 Å². The minimum absolute atomic E-state index is 0.0340. The first-order valence-electron chi connectivity index (χ1n) is 5.85. The Hall–Kier alpha value is -0.300. The highest BCUT2D eigenvalue weighted by molar-refractivity contribution is 7.99. The molecule has 1 fully saturated rings. The number of aliphatic hydroxyl groups is 1. The van der Waals surface area contributed by atoms with Crippen LogP contribution in [0.5, 0.6) is 0 Å². The molecule has 1 aliphatic rings. The molecule has 0 aromatic rings. The number of carbonyl (C=O) groups is 1. The van der Waals surface area contributed by atoms with E-state index in [1.54, 1.807) is 11.8 Å². The van der Waals surface area contributed by atoms with Crippen LogP contribution >= 0.6 is 11.8 Å². The molecule has 1 saturated heterocycles. The van der Waals surface area contributed by atoms with Crippen molar-refractivity contribution < 1.29 is 9.90 Å². The van der Waals surface area contributed by atoms with Crippen LogP contribution in [0.25, 0.3) is 0 Å². The van der Waals surface area contributed by atoms with Crippen LogP contribution in [-0.2, 0) is 4.79 Å². The topological polar surface area (TPSA) is 78.6 Å². The Morgan fingerprint density at radius 3 is 2.82 bits per heavy atom. The van der Waals surface area contributed by atoms with E-state index in [-0.39, 0.29) is 24.0 Å². The molecule has 1 unspecified atom stereocenters. The number of β-amino-alcohol motifs (C(OH)–C–C–N with tert-alkyl or cyclic N) is 1. The van der Waals surface area contributed by atoms with E-state index in [4.69, 9.17) is 5.73 Å². The second-order valence-electron chi connectivity index (χ2n) is 5.42. The summed E-state index contributed by atoms with van der Waals surface area (Å²) in [6.07, 6.45) is -0.557. The summed E-state index contributed by atoms with van der Waals surface area (Å²) in [7, 11) is 0. The first-order chi connectivity index (χ1) is 7.83. The minimum Gasteiger partial charge on any atom is -0.390 e. The average molecular weight is 261 g/mol. The number of amides is 1. The van der Waals surface area contributed by atoms with Gasteiger partial charge in [-0.25, -0.2) is 0 Å². The zero-order valence-electron chi connectivity index (χ0n) is 10.8. The van der Waals surface area contributed by atoms with Crippen molar-refractivity contribution >= 4 is 17.7 Å². The number of hydrogen-bond acceptors (Lipinski definition) is 5. The lowest BCUT2D eigenvalue weighted by molar-refractivity contribution is -0.126. The molecular weight excluding hydrogens is 238 g/mol. The van der Waals surface area contributed by atoms with Crippen LogP contribution in [0.4, 0.5) is 0 Å². The smallest absolute Gasteiger partial charge is 0.238 e. The molecule has 1 heterocycles. The number of rotatable bonds is 4. The molecule has 0 aliphatic carbocycles. The molecule has 1 amide bonds. The van der Waals surface area contributed by atoms with Gasteiger partial charge in [0.15, 0.2) is 0 Å². The monoisotopic (exact) mass is 261 g/mol. The van der Waals surface area contributed by atoms with Gasteiger partial charge in [0.05, 0.1) is 12.1 Å². The van der Waals surface area contributed by atoms with Crippen molar-refractivity contribution in [2.45, 2.75) is 38.5 Å². The van der Waals surface area contributed by atoms with E-state index >= 15 is 0 Å². The molecule has 0 bridgehead atoms. The fourth-order valence-electron chi connectivity index (χ4n) is 1.70. The van der Waals surface area contributed by atoms with E-state index in [0.29, 0.717) is 6.54 Å². The van der Waals surface area contributed by atoms with Gasteiger partial charge < -0.3 is 16.2 Å². The number of hydrogen-bond donors (Lipinski definition) is 3. The molecule has 0 aromatic heterocycles. The van der Waals surface area contributed by atoms with E-state index in [1.165, 1.54) is 0 Å². The zero-order chi connectivity index (χ0) is 13.1. The van der Waals surface area contributed by atoms with Gasteiger partial charge in [-0.1, -0.05) is 0 Å². The molecular formula is C11H23N3O2S. The molecule has 5 nitrogen and oxygen atoms in total. The van der Waals surface area contributed by atoms with Gasteiger partial charge in [-0.3, -0.25) is 9.69 Å². The summed E-state index contributed by atoms with van der Waals surface area (Å²) >= 11 is 1.71. The van der Waals surface area contributed by atoms with Gasteiger partial charge in [0, 0.05) is 30.3 Å². The molecule has 2 atom stereocenters. The van der Waals surface area contributed by atoms with Crippen LogP contribution < -0.4 is 11.1 Å². The predicted octanol–water partition coefficient (Wildman–Crippen LogP) is -0.404. The molecule has 0 spiro atoms. The van der Waals surface area contributed by atoms with Crippen molar-refractivity contribution in [3.05, 3.63) is 0 Å². The summed E-state index contributed by atoms with van der Waals surface area (Å²) in [6, 6.07) is -0.152. The summed E-state index contributed by atoms with van der Waals surface area (Å²) in [6.45, 7) is 6.59. The number of nitrogens with two attached hydrogens (primary N) is 1. The Balaban J connectivity index is 2.54. The second kappa shape index (κ2) is 6.04. The summed E-state index contributed by atoms with van der Waals surface area (Å²) < 4.78 is 0. The van der Waals surface area contributed by atoms with Crippen LogP contribution in [-0.4, -0.2) is 58.3 Å². The fourth-order valence-corrected chi connectivity index (χ4v) is 2.91. The standard InChI is InChI=1S/C11H23N3O2S/c1-11(2,3)13-10(16)9-6-17-7-14(9)5-8(15)4-12/h8-9,15H,4-7,12H2,1-3H3,(H,13,16)/t8?,9-/m0/s1. The molecule has 0 aromatic carbocycles. The van der Waals surface area contributed by atoms with E-state index in [2.05, 4.69) is 5.32 Å². The van der Waals surface area contributed by atoms with Crippen LogP contribution in [0.15, 0.2) is 0 Å². The van der Waals surface area contributed by atoms with Gasteiger partial charge in [-0.05, 0) is 20.8 Å². The van der Waals surface area contributed by atoms with E-state index in [0.717, 1.165) is 11.6 Å². The Kier molecular flexibility index (Phi) is 5.24. The summed E-state index contributed by atoms with van der Waals surface area (Å²) in [5.41, 5.74) is 5.17. The largest absolute Gasteiger partial charge is 0.390 e. The number of aliphatic hydroxyl groups excluding tert-OH is 1. The predicted molar refractivity (Wildman–Crippen MR) is 70.8 cm³/mol. The van der Waals surface area contributed by atoms with Gasteiger partial charge in [-0.2, -0.15) is 0 Å². The maximum atomic E-state index is 12.1. The highest BCUT2D eigenvalue weighted by Gasteiger charge is 2.33. The lowest BCUT2D eigenvalue weighted by atomic mass is 10.1. The number of nitrogens with one attached hydrogen (secondary N) is 1. The SMILES string of the molecule is CC(C)(C)NC(=O)[C@@H]1CSCN1CC(O)CN. The zero-order valence-corrected chi connectivity index (χ0v) is 11.6. The summed E-state index contributed by atoms with van der Waals surface area (Å²) in [5.74, 6) is 1.59. The Bertz CT molecular complexity index is 268. The first kappa shape index (κ1) is 14.8. The second-order valence-corrected chi connectivity index (χ2v) is 6.42. The lowest BCUT2D eigenvalue weighted by Gasteiger charge is -2.28. The van der Waals surface area contributed by atoms with Gasteiger partial charge in [-0.15, -0.1) is 11.8 Å². The lowest BCUT2D eigenvalue weighted by Crippen LogP contribution is -2.52. The first-order valence-corrected chi connectivity index (χ1v) is 7.01. The molecule has 1 rings (SSSR count).